The number of hydrogen-bond acceptors (Lipinski definition) is 3. The van der Waals surface area contributed by atoms with Crippen LogP contribution >= 0.6 is 15.9 Å². The lowest BCUT2D eigenvalue weighted by molar-refractivity contribution is -0.142. The molecule has 2 rings (SSSR count). The summed E-state index contributed by atoms with van der Waals surface area (Å²) in [6, 6.07) is 0. The van der Waals surface area contributed by atoms with Crippen LogP contribution in [-0.4, -0.2) is 14.4 Å². The molecular formula is C8H6BrF3N4. The highest BCUT2D eigenvalue weighted by Crippen LogP contribution is 2.33. The van der Waals surface area contributed by atoms with Crippen molar-refractivity contribution in [3.05, 3.63) is 22.3 Å². The minimum Gasteiger partial charge on any atom is -0.382 e. The van der Waals surface area contributed by atoms with Gasteiger partial charge >= 0.3 is 6.18 Å². The van der Waals surface area contributed by atoms with Crippen LogP contribution in [0.25, 0.3) is 5.52 Å². The van der Waals surface area contributed by atoms with Crippen LogP contribution in [-0.2, 0) is 6.18 Å². The molecule has 4 nitrogen and oxygen atoms in total. The van der Waals surface area contributed by atoms with Crippen molar-refractivity contribution in [2.24, 2.45) is 0 Å². The molecule has 0 aliphatic heterocycles. The third-order valence-electron chi connectivity index (χ3n) is 2.10. The highest BCUT2D eigenvalue weighted by molar-refractivity contribution is 9.10. The number of fused-ring (bicyclic) bond motifs is 1. The van der Waals surface area contributed by atoms with E-state index in [1.165, 1.54) is 6.92 Å². The Kier molecular flexibility index (Phi) is 2.33. The van der Waals surface area contributed by atoms with E-state index in [-0.39, 0.29) is 21.8 Å². The molecule has 2 aromatic rings. The molecule has 2 aromatic heterocycles. The Morgan fingerprint density at radius 3 is 2.62 bits per heavy atom. The van der Waals surface area contributed by atoms with E-state index >= 15 is 0 Å². The van der Waals surface area contributed by atoms with Crippen LogP contribution in [0.4, 0.5) is 19.0 Å². The second kappa shape index (κ2) is 3.34. The molecule has 0 aromatic carbocycles. The zero-order chi connectivity index (χ0) is 12.1. The Morgan fingerprint density at radius 1 is 1.44 bits per heavy atom. The van der Waals surface area contributed by atoms with Crippen LogP contribution in [0.1, 0.15) is 11.5 Å². The quantitative estimate of drug-likeness (QED) is 0.812. The predicted molar refractivity (Wildman–Crippen MR) is 54.8 cm³/mol. The van der Waals surface area contributed by atoms with Gasteiger partial charge in [-0.2, -0.15) is 13.2 Å². The zero-order valence-corrected chi connectivity index (χ0v) is 9.59. The number of nitrogen functional groups attached to an aromatic ring is 1. The molecule has 0 spiro atoms. The standard InChI is InChI=1S/C8H6BrF3N4/c1-3-15-6(9)5-7(13)14-2-4(16(3)5)8(10,11)12/h2H,1H3,(H2,13,14). The van der Waals surface area contributed by atoms with Crippen molar-refractivity contribution in [1.82, 2.24) is 14.4 Å². The number of aryl methyl sites for hydroxylation is 1. The van der Waals surface area contributed by atoms with Gasteiger partial charge in [0.1, 0.15) is 21.6 Å². The average Bonchev–Trinajstić information content (AvgIpc) is 2.42. The maximum Gasteiger partial charge on any atom is 0.433 e. The van der Waals surface area contributed by atoms with Gasteiger partial charge in [0.2, 0.25) is 0 Å². The first-order valence-corrected chi connectivity index (χ1v) is 4.98. The molecule has 2 heterocycles. The first-order chi connectivity index (χ1) is 7.32. The molecule has 0 unspecified atom stereocenters. The molecule has 0 aliphatic carbocycles. The molecule has 0 fully saturated rings. The second-order valence-corrected chi connectivity index (χ2v) is 3.91. The Hall–Kier alpha value is -1.31. The summed E-state index contributed by atoms with van der Waals surface area (Å²) < 4.78 is 39.3. The molecule has 0 saturated heterocycles. The number of nitrogens with zero attached hydrogens (tertiary/aromatic N) is 3. The molecule has 0 radical (unpaired) electrons. The van der Waals surface area contributed by atoms with Crippen LogP contribution in [0.5, 0.6) is 0 Å². The summed E-state index contributed by atoms with van der Waals surface area (Å²) in [5.74, 6) is 0.198. The predicted octanol–water partition coefficient (Wildman–Crippen LogP) is 2.40. The second-order valence-electron chi connectivity index (χ2n) is 3.16. The van der Waals surface area contributed by atoms with Crippen molar-refractivity contribution in [3.63, 3.8) is 0 Å². The largest absolute Gasteiger partial charge is 0.433 e. The fraction of sp³-hybridized carbons (Fsp3) is 0.250. The van der Waals surface area contributed by atoms with Gasteiger partial charge in [0.05, 0.1) is 6.20 Å². The van der Waals surface area contributed by atoms with Gasteiger partial charge in [0.15, 0.2) is 5.82 Å². The van der Waals surface area contributed by atoms with Gasteiger partial charge in [-0.1, -0.05) is 0 Å². The molecule has 2 N–H and O–H groups in total. The molecule has 0 bridgehead atoms. The van der Waals surface area contributed by atoms with Gasteiger partial charge < -0.3 is 5.73 Å². The minimum absolute atomic E-state index is 0.000440. The number of imidazole rings is 1. The SMILES string of the molecule is Cc1nc(Br)c2c(N)ncc(C(F)(F)F)n12. The fourth-order valence-electron chi connectivity index (χ4n) is 1.46. The van der Waals surface area contributed by atoms with Crippen LogP contribution in [0.2, 0.25) is 0 Å². The summed E-state index contributed by atoms with van der Waals surface area (Å²) in [5.41, 5.74) is 4.75. The number of nitrogens with two attached hydrogens (primary N) is 1. The van der Waals surface area contributed by atoms with E-state index in [0.717, 1.165) is 4.40 Å². The normalized spacial score (nSPS) is 12.3. The molecule has 86 valence electrons. The number of aromatic nitrogens is 3. The van der Waals surface area contributed by atoms with Crippen LogP contribution in [0, 0.1) is 6.92 Å². The highest BCUT2D eigenvalue weighted by atomic mass is 79.9. The third-order valence-corrected chi connectivity index (χ3v) is 2.66. The van der Waals surface area contributed by atoms with E-state index in [1.807, 2.05) is 0 Å². The van der Waals surface area contributed by atoms with Gasteiger partial charge in [0.25, 0.3) is 0 Å². The van der Waals surface area contributed by atoms with Crippen molar-refractivity contribution < 1.29 is 13.2 Å². The van der Waals surface area contributed by atoms with Crippen molar-refractivity contribution in [2.45, 2.75) is 13.1 Å². The van der Waals surface area contributed by atoms with Gasteiger partial charge in [-0.15, -0.1) is 0 Å². The maximum atomic E-state index is 12.7. The summed E-state index contributed by atoms with van der Waals surface area (Å²) in [6.07, 6.45) is -3.80. The van der Waals surface area contributed by atoms with E-state index in [9.17, 15) is 13.2 Å². The van der Waals surface area contributed by atoms with Crippen molar-refractivity contribution in [2.75, 3.05) is 5.73 Å². The molecule has 0 amide bonds. The third kappa shape index (κ3) is 1.53. The first kappa shape index (κ1) is 11.2. The van der Waals surface area contributed by atoms with E-state index in [4.69, 9.17) is 5.73 Å². The molecule has 8 heteroatoms. The van der Waals surface area contributed by atoms with Crippen LogP contribution < -0.4 is 5.73 Å². The smallest absolute Gasteiger partial charge is 0.382 e. The van der Waals surface area contributed by atoms with Crippen molar-refractivity contribution in [3.8, 4) is 0 Å². The molecular weight excluding hydrogens is 289 g/mol. The van der Waals surface area contributed by atoms with Crippen LogP contribution in [0.15, 0.2) is 10.8 Å². The number of hydrogen-bond donors (Lipinski definition) is 1. The zero-order valence-electron chi connectivity index (χ0n) is 8.01. The van der Waals surface area contributed by atoms with Crippen molar-refractivity contribution in [1.29, 1.82) is 0 Å². The van der Waals surface area contributed by atoms with Gasteiger partial charge in [0, 0.05) is 0 Å². The van der Waals surface area contributed by atoms with E-state index in [0.29, 0.717) is 6.20 Å². The Bertz CT molecular complexity index is 560. The molecule has 0 saturated carbocycles. The van der Waals surface area contributed by atoms with Gasteiger partial charge in [-0.25, -0.2) is 9.97 Å². The lowest BCUT2D eigenvalue weighted by Crippen LogP contribution is -2.14. The van der Waals surface area contributed by atoms with Crippen LogP contribution in [0.3, 0.4) is 0 Å². The monoisotopic (exact) mass is 294 g/mol. The molecule has 0 atom stereocenters. The summed E-state index contributed by atoms with van der Waals surface area (Å²) in [5, 5.41) is 0. The molecule has 0 aliphatic rings. The summed E-state index contributed by atoms with van der Waals surface area (Å²) in [6.45, 7) is 1.46. The molecule has 16 heavy (non-hydrogen) atoms. The number of alkyl halides is 3. The summed E-state index contributed by atoms with van der Waals surface area (Å²) in [7, 11) is 0. The summed E-state index contributed by atoms with van der Waals surface area (Å²) >= 11 is 3.05. The Labute approximate surface area is 96.4 Å². The Balaban J connectivity index is 2.94. The minimum atomic E-state index is -4.50. The lowest BCUT2D eigenvalue weighted by Gasteiger charge is -2.10. The van der Waals surface area contributed by atoms with Crippen molar-refractivity contribution >= 4 is 27.3 Å². The highest BCUT2D eigenvalue weighted by Gasteiger charge is 2.35. The number of anilines is 1. The maximum absolute atomic E-state index is 12.7. The summed E-state index contributed by atoms with van der Waals surface area (Å²) in [4.78, 5) is 7.40. The Morgan fingerprint density at radius 2 is 2.06 bits per heavy atom. The first-order valence-electron chi connectivity index (χ1n) is 4.18. The van der Waals surface area contributed by atoms with Gasteiger partial charge in [-0.05, 0) is 22.9 Å². The van der Waals surface area contributed by atoms with E-state index in [1.54, 1.807) is 0 Å². The number of rotatable bonds is 0. The van der Waals surface area contributed by atoms with Gasteiger partial charge in [-0.3, -0.25) is 4.40 Å². The average molecular weight is 295 g/mol. The topological polar surface area (TPSA) is 56.2 Å². The fourth-order valence-corrected chi connectivity index (χ4v) is 2.10. The van der Waals surface area contributed by atoms with E-state index in [2.05, 4.69) is 25.9 Å². The number of halogens is 4. The van der Waals surface area contributed by atoms with E-state index < -0.39 is 11.9 Å². The lowest BCUT2D eigenvalue weighted by atomic mass is 10.4.